The molecule has 10 heteroatoms. The van der Waals surface area contributed by atoms with E-state index in [0.29, 0.717) is 0 Å². The Kier molecular flexibility index (Phi) is 5.37. The number of fused-ring (bicyclic) bond motifs is 1. The number of urea groups is 1. The molecular formula is C22H19F3N4O3. The molecule has 4 amide bonds. The first-order chi connectivity index (χ1) is 15.1. The normalized spacial score (nSPS) is 20.6. The Labute approximate surface area is 181 Å². The van der Waals surface area contributed by atoms with E-state index in [1.54, 1.807) is 31.3 Å². The molecule has 2 aliphatic heterocycles. The zero-order valence-electron chi connectivity index (χ0n) is 16.9. The van der Waals surface area contributed by atoms with Gasteiger partial charge in [0.2, 0.25) is 0 Å². The number of carbonyl (C=O) groups is 3. The molecule has 32 heavy (non-hydrogen) atoms. The first kappa shape index (κ1) is 21.4. The number of rotatable bonds is 4. The van der Waals surface area contributed by atoms with Gasteiger partial charge >= 0.3 is 12.2 Å². The van der Waals surface area contributed by atoms with E-state index in [1.807, 2.05) is 6.07 Å². The van der Waals surface area contributed by atoms with Crippen LogP contribution in [-0.2, 0) is 22.3 Å². The number of halogens is 3. The lowest BCUT2D eigenvalue weighted by Gasteiger charge is -2.37. The largest absolute Gasteiger partial charge is 0.416 e. The summed E-state index contributed by atoms with van der Waals surface area (Å²) in [6.07, 6.45) is -3.13. The zero-order valence-corrected chi connectivity index (χ0v) is 16.9. The van der Waals surface area contributed by atoms with Crippen LogP contribution in [0.25, 0.3) is 0 Å². The van der Waals surface area contributed by atoms with Crippen molar-refractivity contribution in [2.45, 2.75) is 24.8 Å². The minimum Gasteiger partial charge on any atom is -0.366 e. The quantitative estimate of drug-likeness (QED) is 0.760. The van der Waals surface area contributed by atoms with Crippen LogP contribution in [0.3, 0.4) is 0 Å². The molecule has 2 aromatic carbocycles. The van der Waals surface area contributed by atoms with Crippen molar-refractivity contribution >= 4 is 23.5 Å². The number of hydrogen-bond acceptors (Lipinski definition) is 4. The Bertz CT molecular complexity index is 1100. The minimum absolute atomic E-state index is 0.0454. The van der Waals surface area contributed by atoms with Crippen LogP contribution in [0.15, 0.2) is 66.4 Å². The zero-order chi connectivity index (χ0) is 23.0. The van der Waals surface area contributed by atoms with E-state index >= 15 is 0 Å². The third-order valence-electron chi connectivity index (χ3n) is 5.37. The van der Waals surface area contributed by atoms with E-state index in [0.717, 1.165) is 22.6 Å². The standard InChI is InChI=1S/C22H19F3N4O3/c1-28-12-16(19(30)26-15-9-5-8-14(10-15)22(23,24)25)17-18(28)20(31)29(21(32)27-17)11-13-6-3-2-4-7-13/h2-10,12,17-18H,11H2,1H3,(H,26,30)(H,27,32). The van der Waals surface area contributed by atoms with Crippen molar-refractivity contribution in [3.05, 3.63) is 77.5 Å². The molecule has 0 bridgehead atoms. The van der Waals surface area contributed by atoms with Gasteiger partial charge in [-0.05, 0) is 23.8 Å². The van der Waals surface area contributed by atoms with Crippen molar-refractivity contribution < 1.29 is 27.6 Å². The third-order valence-corrected chi connectivity index (χ3v) is 5.37. The number of anilines is 1. The average Bonchev–Trinajstić information content (AvgIpc) is 3.07. The predicted molar refractivity (Wildman–Crippen MR) is 109 cm³/mol. The lowest BCUT2D eigenvalue weighted by molar-refractivity contribution is -0.137. The van der Waals surface area contributed by atoms with Gasteiger partial charge < -0.3 is 15.5 Å². The summed E-state index contributed by atoms with van der Waals surface area (Å²) in [6.45, 7) is 0.0777. The van der Waals surface area contributed by atoms with Crippen molar-refractivity contribution in [1.82, 2.24) is 15.1 Å². The number of nitrogens with one attached hydrogen (secondary N) is 2. The van der Waals surface area contributed by atoms with Gasteiger partial charge in [0.25, 0.3) is 11.8 Å². The summed E-state index contributed by atoms with van der Waals surface area (Å²) in [5.74, 6) is -1.17. The van der Waals surface area contributed by atoms with E-state index < -0.39 is 41.7 Å². The molecule has 1 saturated heterocycles. The van der Waals surface area contributed by atoms with E-state index in [-0.39, 0.29) is 17.8 Å². The van der Waals surface area contributed by atoms with Gasteiger partial charge in [-0.3, -0.25) is 14.5 Å². The maximum absolute atomic E-state index is 13.0. The van der Waals surface area contributed by atoms with Crippen molar-refractivity contribution in [3.63, 3.8) is 0 Å². The van der Waals surface area contributed by atoms with Crippen molar-refractivity contribution in [2.24, 2.45) is 0 Å². The number of carbonyl (C=O) groups excluding carboxylic acids is 3. The summed E-state index contributed by atoms with van der Waals surface area (Å²) in [5, 5.41) is 5.10. The second-order valence-corrected chi connectivity index (χ2v) is 7.56. The van der Waals surface area contributed by atoms with Gasteiger partial charge in [0, 0.05) is 18.9 Å². The summed E-state index contributed by atoms with van der Waals surface area (Å²) in [6, 6.07) is 10.8. The molecule has 0 aromatic heterocycles. The lowest BCUT2D eigenvalue weighted by Crippen LogP contribution is -2.64. The highest BCUT2D eigenvalue weighted by Gasteiger charge is 2.49. The molecule has 0 aliphatic carbocycles. The predicted octanol–water partition coefficient (Wildman–Crippen LogP) is 2.96. The number of nitrogens with zero attached hydrogens (tertiary/aromatic N) is 2. The number of alkyl halides is 3. The highest BCUT2D eigenvalue weighted by molar-refractivity contribution is 6.09. The molecule has 1 fully saturated rings. The molecule has 0 saturated carbocycles. The van der Waals surface area contributed by atoms with Gasteiger partial charge in [-0.1, -0.05) is 36.4 Å². The molecule has 7 nitrogen and oxygen atoms in total. The lowest BCUT2D eigenvalue weighted by atomic mass is 9.99. The summed E-state index contributed by atoms with van der Waals surface area (Å²) in [7, 11) is 1.60. The van der Waals surface area contributed by atoms with Crippen LogP contribution in [0.1, 0.15) is 11.1 Å². The maximum atomic E-state index is 13.0. The average molecular weight is 444 g/mol. The summed E-state index contributed by atoms with van der Waals surface area (Å²) in [4.78, 5) is 41.1. The second-order valence-electron chi connectivity index (χ2n) is 7.56. The molecular weight excluding hydrogens is 425 g/mol. The highest BCUT2D eigenvalue weighted by Crippen LogP contribution is 2.32. The summed E-state index contributed by atoms with van der Waals surface area (Å²) >= 11 is 0. The first-order valence-corrected chi connectivity index (χ1v) is 9.73. The van der Waals surface area contributed by atoms with E-state index in [2.05, 4.69) is 10.6 Å². The van der Waals surface area contributed by atoms with Crippen LogP contribution in [0, 0.1) is 0 Å². The van der Waals surface area contributed by atoms with Crippen molar-refractivity contribution in [1.29, 1.82) is 0 Å². The fourth-order valence-electron chi connectivity index (χ4n) is 3.82. The Morgan fingerprint density at radius 3 is 2.50 bits per heavy atom. The van der Waals surface area contributed by atoms with E-state index in [1.165, 1.54) is 23.2 Å². The molecule has 2 unspecified atom stereocenters. The fraction of sp³-hybridized carbons (Fsp3) is 0.227. The maximum Gasteiger partial charge on any atom is 0.416 e. The van der Waals surface area contributed by atoms with Crippen molar-refractivity contribution in [2.75, 3.05) is 12.4 Å². The molecule has 2 aliphatic rings. The van der Waals surface area contributed by atoms with Gasteiger partial charge in [0.05, 0.1) is 23.7 Å². The smallest absolute Gasteiger partial charge is 0.366 e. The first-order valence-electron chi connectivity index (χ1n) is 9.73. The number of imide groups is 1. The van der Waals surface area contributed by atoms with Gasteiger partial charge in [-0.2, -0.15) is 13.2 Å². The van der Waals surface area contributed by atoms with Crippen molar-refractivity contribution in [3.8, 4) is 0 Å². The van der Waals surface area contributed by atoms with Gasteiger partial charge in [-0.25, -0.2) is 4.79 Å². The topological polar surface area (TPSA) is 81.8 Å². The Morgan fingerprint density at radius 1 is 1.09 bits per heavy atom. The molecule has 0 radical (unpaired) electrons. The molecule has 2 N–H and O–H groups in total. The monoisotopic (exact) mass is 444 g/mol. The van der Waals surface area contributed by atoms with Gasteiger partial charge in [0.15, 0.2) is 0 Å². The van der Waals surface area contributed by atoms with Gasteiger partial charge in [-0.15, -0.1) is 0 Å². The second kappa shape index (κ2) is 8.03. The number of likely N-dealkylation sites (N-methyl/N-ethyl adjacent to an activating group) is 1. The Balaban J connectivity index is 1.51. The Hall–Kier alpha value is -3.82. The minimum atomic E-state index is -4.55. The fourth-order valence-corrected chi connectivity index (χ4v) is 3.82. The molecule has 4 rings (SSSR count). The molecule has 166 valence electrons. The number of benzene rings is 2. The molecule has 2 aromatic rings. The molecule has 2 heterocycles. The van der Waals surface area contributed by atoms with E-state index in [9.17, 15) is 27.6 Å². The summed E-state index contributed by atoms with van der Waals surface area (Å²) < 4.78 is 38.8. The molecule has 2 atom stereocenters. The van der Waals surface area contributed by atoms with Crippen LogP contribution in [0.5, 0.6) is 0 Å². The Morgan fingerprint density at radius 2 is 1.81 bits per heavy atom. The third kappa shape index (κ3) is 4.03. The SMILES string of the molecule is CN1C=C(C(=O)Nc2cccc(C(F)(F)F)c2)C2NC(=O)N(Cc3ccccc3)C(=O)C21. The highest BCUT2D eigenvalue weighted by atomic mass is 19.4. The summed E-state index contributed by atoms with van der Waals surface area (Å²) in [5.41, 5.74) is -0.0964. The van der Waals surface area contributed by atoms with Crippen LogP contribution < -0.4 is 10.6 Å². The van der Waals surface area contributed by atoms with Crippen LogP contribution >= 0.6 is 0 Å². The number of hydrogen-bond donors (Lipinski definition) is 2. The van der Waals surface area contributed by atoms with Crippen LogP contribution in [0.2, 0.25) is 0 Å². The van der Waals surface area contributed by atoms with Crippen LogP contribution in [0.4, 0.5) is 23.7 Å². The van der Waals surface area contributed by atoms with Crippen LogP contribution in [-0.4, -0.2) is 46.8 Å². The van der Waals surface area contributed by atoms with Gasteiger partial charge in [0.1, 0.15) is 6.04 Å². The molecule has 0 spiro atoms. The van der Waals surface area contributed by atoms with E-state index in [4.69, 9.17) is 0 Å². The number of amides is 4.